The molecular weight excluding hydrogens is 487 g/mol. The number of rotatable bonds is 7. The Morgan fingerprint density at radius 1 is 1.08 bits per heavy atom. The van der Waals surface area contributed by atoms with Crippen LogP contribution in [0.1, 0.15) is 35.2 Å². The van der Waals surface area contributed by atoms with Crippen molar-refractivity contribution in [1.29, 1.82) is 0 Å². The van der Waals surface area contributed by atoms with E-state index >= 15 is 0 Å². The van der Waals surface area contributed by atoms with Crippen molar-refractivity contribution in [2.45, 2.75) is 29.9 Å². The molecule has 194 valence electrons. The van der Waals surface area contributed by atoms with E-state index in [0.29, 0.717) is 43.1 Å². The van der Waals surface area contributed by atoms with Gasteiger partial charge in [0.25, 0.3) is 0 Å². The molecule has 1 spiro atoms. The summed E-state index contributed by atoms with van der Waals surface area (Å²) in [6.45, 7) is 3.44. The lowest BCUT2D eigenvalue weighted by atomic mass is 9.89. The summed E-state index contributed by atoms with van der Waals surface area (Å²) >= 11 is 0. The number of carbonyl (C=O) groups excluding carboxylic acids is 1. The van der Waals surface area contributed by atoms with E-state index in [1.54, 1.807) is 30.3 Å². The van der Waals surface area contributed by atoms with Crippen LogP contribution in [0.15, 0.2) is 47.4 Å². The van der Waals surface area contributed by atoms with Crippen molar-refractivity contribution in [2.75, 3.05) is 53.0 Å². The predicted octanol–water partition coefficient (Wildman–Crippen LogP) is 3.02. The van der Waals surface area contributed by atoms with E-state index in [1.807, 2.05) is 0 Å². The van der Waals surface area contributed by atoms with Crippen molar-refractivity contribution >= 4 is 15.8 Å². The topological polar surface area (TPSA) is 85.4 Å². The van der Waals surface area contributed by atoms with Crippen LogP contribution >= 0.6 is 0 Å². The smallest absolute Gasteiger partial charge is 0.243 e. The van der Waals surface area contributed by atoms with Gasteiger partial charge in [0, 0.05) is 18.0 Å². The van der Waals surface area contributed by atoms with Crippen LogP contribution < -0.4 is 4.74 Å². The first-order valence-corrected chi connectivity index (χ1v) is 13.8. The fourth-order valence-electron chi connectivity index (χ4n) is 5.44. The molecule has 8 nitrogen and oxygen atoms in total. The average Bonchev–Trinajstić information content (AvgIpc) is 3.36. The van der Waals surface area contributed by atoms with E-state index in [4.69, 9.17) is 14.2 Å². The summed E-state index contributed by atoms with van der Waals surface area (Å²) in [5.74, 6) is -1.08. The quantitative estimate of drug-likeness (QED) is 0.521. The van der Waals surface area contributed by atoms with Gasteiger partial charge >= 0.3 is 0 Å². The second-order valence-electron chi connectivity index (χ2n) is 9.46. The van der Waals surface area contributed by atoms with Gasteiger partial charge in [0.05, 0.1) is 37.3 Å². The number of carbonyl (C=O) groups is 1. The number of hydrogen-bond donors (Lipinski definition) is 0. The maximum Gasteiger partial charge on any atom is 0.243 e. The van der Waals surface area contributed by atoms with Crippen molar-refractivity contribution in [1.82, 2.24) is 9.21 Å². The number of methoxy groups -OCH3 is 1. The zero-order chi connectivity index (χ0) is 25.3. The lowest BCUT2D eigenvalue weighted by molar-refractivity contribution is -0.177. The lowest BCUT2D eigenvalue weighted by Crippen LogP contribution is -2.50. The number of ketones is 1. The highest BCUT2D eigenvalue weighted by atomic mass is 32.2. The van der Waals surface area contributed by atoms with E-state index in [1.165, 1.54) is 23.5 Å². The van der Waals surface area contributed by atoms with Gasteiger partial charge < -0.3 is 19.1 Å². The average molecular weight is 519 g/mol. The zero-order valence-corrected chi connectivity index (χ0v) is 21.1. The third kappa shape index (κ3) is 4.68. The molecule has 0 bridgehead atoms. The number of sulfonamides is 1. The predicted molar refractivity (Wildman–Crippen MR) is 130 cm³/mol. The number of hydrogen-bond acceptors (Lipinski definition) is 7. The van der Waals surface area contributed by atoms with Crippen molar-refractivity contribution in [3.8, 4) is 5.75 Å². The van der Waals surface area contributed by atoms with Gasteiger partial charge in [-0.05, 0) is 75.3 Å². The maximum absolute atomic E-state index is 13.5. The van der Waals surface area contributed by atoms with Crippen molar-refractivity contribution in [3.05, 3.63) is 59.4 Å². The molecule has 36 heavy (non-hydrogen) atoms. The van der Waals surface area contributed by atoms with Crippen molar-refractivity contribution in [2.24, 2.45) is 5.92 Å². The fraction of sp³-hybridized carbons (Fsp3) is 0.500. The molecule has 0 radical (unpaired) electrons. The van der Waals surface area contributed by atoms with Gasteiger partial charge in [0.1, 0.15) is 11.6 Å². The monoisotopic (exact) mass is 518 g/mol. The van der Waals surface area contributed by atoms with Crippen LogP contribution in [0.25, 0.3) is 0 Å². The maximum atomic E-state index is 13.5. The minimum atomic E-state index is -3.73. The summed E-state index contributed by atoms with van der Waals surface area (Å²) in [7, 11) is -2.22. The molecule has 0 aromatic heterocycles. The molecule has 2 aromatic carbocycles. The van der Waals surface area contributed by atoms with Crippen LogP contribution in [-0.4, -0.2) is 76.5 Å². The van der Waals surface area contributed by atoms with E-state index in [2.05, 4.69) is 4.90 Å². The summed E-state index contributed by atoms with van der Waals surface area (Å²) in [5, 5.41) is 0. The van der Waals surface area contributed by atoms with E-state index < -0.39 is 15.8 Å². The summed E-state index contributed by atoms with van der Waals surface area (Å²) < 4.78 is 58.9. The van der Waals surface area contributed by atoms with Gasteiger partial charge in [0.2, 0.25) is 15.8 Å². The second-order valence-corrected chi connectivity index (χ2v) is 11.4. The lowest BCUT2D eigenvalue weighted by Gasteiger charge is -2.40. The molecule has 0 saturated carbocycles. The van der Waals surface area contributed by atoms with E-state index in [-0.39, 0.29) is 29.0 Å². The highest BCUT2D eigenvalue weighted by Gasteiger charge is 2.52. The SMILES string of the molecule is COc1cccc2c1C1(CN(CCCN3CCC(C(=O)c4ccc(F)cc4)CC3)S2(=O)=O)OCCO1. The number of likely N-dealkylation sites (tertiary alicyclic amines) is 1. The number of piperidine rings is 1. The number of nitrogens with zero attached hydrogens (tertiary/aromatic N) is 2. The normalized spacial score (nSPS) is 21.9. The minimum absolute atomic E-state index is 0.0602. The van der Waals surface area contributed by atoms with Gasteiger partial charge in [0.15, 0.2) is 5.78 Å². The van der Waals surface area contributed by atoms with Crippen molar-refractivity contribution in [3.63, 3.8) is 0 Å². The summed E-state index contributed by atoms with van der Waals surface area (Å²) in [5.41, 5.74) is 0.987. The van der Waals surface area contributed by atoms with E-state index in [0.717, 1.165) is 32.5 Å². The number of Topliss-reactive ketones (excluding diaryl/α,β-unsaturated/α-hetero) is 1. The van der Waals surface area contributed by atoms with E-state index in [9.17, 15) is 17.6 Å². The number of fused-ring (bicyclic) bond motifs is 2. The Morgan fingerprint density at radius 2 is 1.78 bits per heavy atom. The Morgan fingerprint density at radius 3 is 2.44 bits per heavy atom. The Kier molecular flexibility index (Phi) is 7.15. The van der Waals surface area contributed by atoms with Crippen LogP contribution in [0.5, 0.6) is 5.75 Å². The standard InChI is InChI=1S/C26H31FN2O6S/c1-33-22-4-2-5-23-24(22)26(34-16-17-35-26)18-29(36(23,31)32)13-3-12-28-14-10-20(11-15-28)25(30)19-6-8-21(27)9-7-19/h2,4-9,20H,3,10-18H2,1H3. The summed E-state index contributed by atoms with van der Waals surface area (Å²) in [6.07, 6.45) is 2.11. The summed E-state index contributed by atoms with van der Waals surface area (Å²) in [4.78, 5) is 15.2. The van der Waals surface area contributed by atoms with Gasteiger partial charge in [-0.3, -0.25) is 4.79 Å². The highest BCUT2D eigenvalue weighted by Crippen LogP contribution is 2.46. The van der Waals surface area contributed by atoms with Crippen molar-refractivity contribution < 1.29 is 31.8 Å². The third-order valence-corrected chi connectivity index (χ3v) is 9.20. The van der Waals surface area contributed by atoms with Crippen LogP contribution in [0.4, 0.5) is 4.39 Å². The molecule has 0 atom stereocenters. The van der Waals surface area contributed by atoms with Crippen LogP contribution in [-0.2, 0) is 25.3 Å². The Balaban J connectivity index is 1.20. The number of ether oxygens (including phenoxy) is 3. The first-order chi connectivity index (χ1) is 17.3. The second kappa shape index (κ2) is 10.2. The molecule has 10 heteroatoms. The fourth-order valence-corrected chi connectivity index (χ4v) is 7.19. The Bertz CT molecular complexity index is 1210. The Hall–Kier alpha value is -2.37. The largest absolute Gasteiger partial charge is 0.496 e. The molecule has 0 unspecified atom stereocenters. The molecule has 3 aliphatic rings. The molecule has 3 heterocycles. The third-order valence-electron chi connectivity index (χ3n) is 7.31. The van der Waals surface area contributed by atoms with Gasteiger partial charge in [-0.15, -0.1) is 0 Å². The van der Waals surface area contributed by atoms with Crippen LogP contribution in [0.2, 0.25) is 0 Å². The zero-order valence-electron chi connectivity index (χ0n) is 20.3. The first kappa shape index (κ1) is 25.3. The molecule has 2 aromatic rings. The molecule has 0 aliphatic carbocycles. The molecule has 2 fully saturated rings. The molecule has 0 amide bonds. The molecular formula is C26H31FN2O6S. The Labute approximate surface area is 211 Å². The molecule has 3 aliphatic heterocycles. The molecule has 2 saturated heterocycles. The molecule has 5 rings (SSSR count). The molecule has 0 N–H and O–H groups in total. The van der Waals surface area contributed by atoms with Crippen LogP contribution in [0.3, 0.4) is 0 Å². The van der Waals surface area contributed by atoms with Gasteiger partial charge in [-0.1, -0.05) is 6.07 Å². The first-order valence-electron chi connectivity index (χ1n) is 12.3. The van der Waals surface area contributed by atoms with Gasteiger partial charge in [-0.2, -0.15) is 4.31 Å². The number of halogens is 1. The minimum Gasteiger partial charge on any atom is -0.496 e. The highest BCUT2D eigenvalue weighted by molar-refractivity contribution is 7.89. The van der Waals surface area contributed by atoms with Crippen LogP contribution in [0, 0.1) is 11.7 Å². The summed E-state index contributed by atoms with van der Waals surface area (Å²) in [6, 6.07) is 10.7. The van der Waals surface area contributed by atoms with Gasteiger partial charge in [-0.25, -0.2) is 12.8 Å². The number of benzene rings is 2.